The lowest BCUT2D eigenvalue weighted by atomic mass is 9.72. The van der Waals surface area contributed by atoms with Gasteiger partial charge >= 0.3 is 0 Å². The predicted molar refractivity (Wildman–Crippen MR) is 139 cm³/mol. The molecule has 1 saturated carbocycles. The fourth-order valence-corrected chi connectivity index (χ4v) is 9.92. The monoisotopic (exact) mass is 478 g/mol. The lowest BCUT2D eigenvalue weighted by Gasteiger charge is -2.37. The Labute approximate surface area is 203 Å². The number of hydrogen-bond acceptors (Lipinski definition) is 1. The van der Waals surface area contributed by atoms with Crippen molar-refractivity contribution in [3.63, 3.8) is 0 Å². The SMILES string of the molecule is CCCCCCCOc1c(F)cc(C2CCC(C3CC[SiH](CCCCC)CC3)CC2)cc1F. The number of halogens is 2. The van der Waals surface area contributed by atoms with Crippen molar-refractivity contribution in [2.45, 2.75) is 128 Å². The van der Waals surface area contributed by atoms with Gasteiger partial charge in [0.2, 0.25) is 0 Å². The molecule has 4 heteroatoms. The van der Waals surface area contributed by atoms with Crippen molar-refractivity contribution in [3.05, 3.63) is 29.3 Å². The second kappa shape index (κ2) is 14.5. The van der Waals surface area contributed by atoms with Gasteiger partial charge in [0.25, 0.3) is 0 Å². The van der Waals surface area contributed by atoms with Crippen LogP contribution in [0.5, 0.6) is 5.75 Å². The Morgan fingerprint density at radius 3 is 1.97 bits per heavy atom. The molecule has 0 aromatic heterocycles. The van der Waals surface area contributed by atoms with E-state index < -0.39 is 20.4 Å². The van der Waals surface area contributed by atoms with Gasteiger partial charge in [0.15, 0.2) is 17.4 Å². The summed E-state index contributed by atoms with van der Waals surface area (Å²) in [6.45, 7) is 4.87. The molecular formula is C29H48F2OSi. The van der Waals surface area contributed by atoms with Crippen LogP contribution in [0.4, 0.5) is 8.78 Å². The molecule has 0 spiro atoms. The Morgan fingerprint density at radius 1 is 0.758 bits per heavy atom. The van der Waals surface area contributed by atoms with Crippen molar-refractivity contribution in [2.24, 2.45) is 11.8 Å². The Balaban J connectivity index is 1.42. The van der Waals surface area contributed by atoms with Crippen molar-refractivity contribution in [3.8, 4) is 5.75 Å². The topological polar surface area (TPSA) is 9.23 Å². The predicted octanol–water partition coefficient (Wildman–Crippen LogP) is 9.42. The fourth-order valence-electron chi connectivity index (χ4n) is 6.39. The minimum absolute atomic E-state index is 0.178. The van der Waals surface area contributed by atoms with Crippen LogP contribution < -0.4 is 4.74 Å². The number of unbranched alkanes of at least 4 members (excludes halogenated alkanes) is 6. The van der Waals surface area contributed by atoms with E-state index in [1.165, 1.54) is 57.8 Å². The van der Waals surface area contributed by atoms with Crippen molar-refractivity contribution < 1.29 is 13.5 Å². The highest BCUT2D eigenvalue weighted by molar-refractivity contribution is 6.58. The standard InChI is InChI=1S/C29H48F2OSi/c1-3-5-7-8-9-17-32-29-27(30)21-26(22-28(29)31)24-13-11-23(12-14-24)25-15-19-33(20-16-25)18-10-6-4-2/h21-25,33H,3-20H2,1-2H3. The minimum Gasteiger partial charge on any atom is -0.488 e. The summed E-state index contributed by atoms with van der Waals surface area (Å²) in [5.41, 5.74) is 0.839. The van der Waals surface area contributed by atoms with E-state index in [4.69, 9.17) is 4.74 Å². The van der Waals surface area contributed by atoms with Crippen LogP contribution in [-0.2, 0) is 0 Å². The van der Waals surface area contributed by atoms with Crippen LogP contribution in [0.1, 0.15) is 115 Å². The quantitative estimate of drug-likeness (QED) is 0.203. The maximum Gasteiger partial charge on any atom is 0.190 e. The summed E-state index contributed by atoms with van der Waals surface area (Å²) in [6, 6.07) is 7.79. The van der Waals surface area contributed by atoms with Crippen LogP contribution in [0.25, 0.3) is 0 Å². The van der Waals surface area contributed by atoms with Crippen molar-refractivity contribution in [1.29, 1.82) is 0 Å². The van der Waals surface area contributed by atoms with Crippen LogP contribution in [-0.4, -0.2) is 15.4 Å². The Kier molecular flexibility index (Phi) is 11.7. The minimum atomic E-state index is -0.521. The first-order valence-electron chi connectivity index (χ1n) is 14.2. The van der Waals surface area contributed by atoms with Crippen LogP contribution in [0, 0.1) is 23.5 Å². The van der Waals surface area contributed by atoms with Gasteiger partial charge < -0.3 is 4.74 Å². The van der Waals surface area contributed by atoms with Gasteiger partial charge in [-0.1, -0.05) is 89.8 Å². The molecule has 0 amide bonds. The van der Waals surface area contributed by atoms with Crippen molar-refractivity contribution in [2.75, 3.05) is 6.61 Å². The highest BCUT2D eigenvalue weighted by Crippen LogP contribution is 2.44. The number of ether oxygens (including phenoxy) is 1. The molecule has 33 heavy (non-hydrogen) atoms. The molecule has 3 rings (SSSR count). The van der Waals surface area contributed by atoms with Gasteiger partial charge in [-0.2, -0.15) is 0 Å². The smallest absolute Gasteiger partial charge is 0.190 e. The van der Waals surface area contributed by atoms with Gasteiger partial charge in [-0.15, -0.1) is 0 Å². The molecule has 1 heterocycles. The first-order valence-corrected chi connectivity index (χ1v) is 16.7. The summed E-state index contributed by atoms with van der Waals surface area (Å²) in [6.07, 6.45) is 17.3. The molecule has 1 nitrogen and oxygen atoms in total. The summed E-state index contributed by atoms with van der Waals surface area (Å²) >= 11 is 0. The van der Waals surface area contributed by atoms with Crippen LogP contribution >= 0.6 is 0 Å². The highest BCUT2D eigenvalue weighted by Gasteiger charge is 2.32. The van der Waals surface area contributed by atoms with E-state index in [9.17, 15) is 8.78 Å². The average molecular weight is 479 g/mol. The molecule has 0 atom stereocenters. The first-order chi connectivity index (χ1) is 16.1. The molecule has 2 aliphatic rings. The second-order valence-corrected chi connectivity index (χ2v) is 14.4. The maximum atomic E-state index is 14.7. The third kappa shape index (κ3) is 8.37. The Bertz CT molecular complexity index is 655. The average Bonchev–Trinajstić information content (AvgIpc) is 2.83. The number of rotatable bonds is 13. The fraction of sp³-hybridized carbons (Fsp3) is 0.793. The molecule has 0 N–H and O–H groups in total. The zero-order valence-electron chi connectivity index (χ0n) is 21.4. The molecule has 2 fully saturated rings. The van der Waals surface area contributed by atoms with E-state index in [0.29, 0.717) is 12.5 Å². The summed E-state index contributed by atoms with van der Waals surface area (Å²) in [4.78, 5) is 0. The van der Waals surface area contributed by atoms with E-state index in [1.807, 2.05) is 0 Å². The lowest BCUT2D eigenvalue weighted by Crippen LogP contribution is -2.28. The third-order valence-corrected chi connectivity index (χ3v) is 12.1. The number of benzene rings is 1. The van der Waals surface area contributed by atoms with Gasteiger partial charge in [-0.3, -0.25) is 0 Å². The summed E-state index contributed by atoms with van der Waals surface area (Å²) in [7, 11) is -0.440. The first kappa shape index (κ1) is 26.7. The molecule has 0 bridgehead atoms. The van der Waals surface area contributed by atoms with Crippen LogP contribution in [0.3, 0.4) is 0 Å². The molecule has 1 aromatic carbocycles. The third-order valence-electron chi connectivity index (χ3n) is 8.53. The van der Waals surface area contributed by atoms with Gasteiger partial charge in [0.05, 0.1) is 6.61 Å². The van der Waals surface area contributed by atoms with E-state index in [1.54, 1.807) is 30.3 Å². The van der Waals surface area contributed by atoms with E-state index in [-0.39, 0.29) is 5.75 Å². The zero-order valence-corrected chi connectivity index (χ0v) is 22.5. The molecule has 1 saturated heterocycles. The van der Waals surface area contributed by atoms with Gasteiger partial charge in [-0.05, 0) is 67.6 Å². The molecule has 0 unspecified atom stereocenters. The number of hydrogen-bond donors (Lipinski definition) is 0. The Hall–Kier alpha value is -0.903. The van der Waals surface area contributed by atoms with Crippen molar-refractivity contribution in [1.82, 2.24) is 0 Å². The maximum absolute atomic E-state index is 14.7. The zero-order chi connectivity index (χ0) is 23.5. The highest BCUT2D eigenvalue weighted by atomic mass is 28.3. The van der Waals surface area contributed by atoms with E-state index >= 15 is 0 Å². The molecule has 0 radical (unpaired) electrons. The van der Waals surface area contributed by atoms with Crippen LogP contribution in [0.15, 0.2) is 12.1 Å². The van der Waals surface area contributed by atoms with E-state index in [0.717, 1.165) is 49.5 Å². The Morgan fingerprint density at radius 2 is 1.33 bits per heavy atom. The lowest BCUT2D eigenvalue weighted by molar-refractivity contribution is 0.215. The van der Waals surface area contributed by atoms with Gasteiger partial charge in [0, 0.05) is 8.80 Å². The van der Waals surface area contributed by atoms with Gasteiger partial charge in [-0.25, -0.2) is 8.78 Å². The summed E-state index contributed by atoms with van der Waals surface area (Å²) < 4.78 is 34.8. The molecular weight excluding hydrogens is 430 g/mol. The normalized spacial score (nSPS) is 25.8. The molecule has 1 aromatic rings. The molecule has 1 aliphatic carbocycles. The molecule has 188 valence electrons. The van der Waals surface area contributed by atoms with Gasteiger partial charge in [0.1, 0.15) is 0 Å². The van der Waals surface area contributed by atoms with Crippen molar-refractivity contribution >= 4 is 8.80 Å². The molecule has 1 aliphatic heterocycles. The summed E-state index contributed by atoms with van der Waals surface area (Å²) in [5.74, 6) is 0.842. The second-order valence-electron chi connectivity index (χ2n) is 11.0. The van der Waals surface area contributed by atoms with Crippen LogP contribution in [0.2, 0.25) is 18.1 Å². The summed E-state index contributed by atoms with van der Waals surface area (Å²) in [5, 5.41) is 0. The van der Waals surface area contributed by atoms with E-state index in [2.05, 4.69) is 13.8 Å². The largest absolute Gasteiger partial charge is 0.488 e.